The summed E-state index contributed by atoms with van der Waals surface area (Å²) < 4.78 is 0.899. The van der Waals surface area contributed by atoms with Gasteiger partial charge in [-0.3, -0.25) is 9.59 Å². The fourth-order valence-corrected chi connectivity index (χ4v) is 2.63. The molecule has 1 aromatic rings. The van der Waals surface area contributed by atoms with Gasteiger partial charge in [0.05, 0.1) is 12.6 Å². The zero-order valence-corrected chi connectivity index (χ0v) is 13.2. The van der Waals surface area contributed by atoms with E-state index in [1.165, 1.54) is 0 Å². The number of aliphatic hydroxyl groups excluding tert-OH is 1. The average Bonchev–Trinajstić information content (AvgIpc) is 2.48. The van der Waals surface area contributed by atoms with Gasteiger partial charge in [0.15, 0.2) is 0 Å². The first-order chi connectivity index (χ1) is 10.0. The lowest BCUT2D eigenvalue weighted by Gasteiger charge is -2.26. The van der Waals surface area contributed by atoms with E-state index in [4.69, 9.17) is 0 Å². The Morgan fingerprint density at radius 1 is 1.14 bits per heavy atom. The van der Waals surface area contributed by atoms with Gasteiger partial charge in [-0.2, -0.15) is 0 Å². The molecule has 6 heteroatoms. The smallest absolute Gasteiger partial charge is 0.251 e. The van der Waals surface area contributed by atoms with Crippen LogP contribution >= 0.6 is 15.9 Å². The Kier molecular flexibility index (Phi) is 5.76. The lowest BCUT2D eigenvalue weighted by Crippen LogP contribution is -2.43. The summed E-state index contributed by atoms with van der Waals surface area (Å²) in [6.07, 6.45) is 2.77. The van der Waals surface area contributed by atoms with Crippen LogP contribution in [0.5, 0.6) is 0 Å². The first-order valence-electron chi connectivity index (χ1n) is 7.06. The molecule has 0 aliphatic heterocycles. The molecule has 0 saturated heterocycles. The van der Waals surface area contributed by atoms with Gasteiger partial charge in [-0.15, -0.1) is 0 Å². The van der Waals surface area contributed by atoms with Gasteiger partial charge in [0.25, 0.3) is 5.91 Å². The number of amides is 2. The highest BCUT2D eigenvalue weighted by Gasteiger charge is 2.20. The number of carbonyl (C=O) groups is 2. The minimum Gasteiger partial charge on any atom is -0.393 e. The van der Waals surface area contributed by atoms with Crippen LogP contribution < -0.4 is 10.6 Å². The predicted octanol–water partition coefficient (Wildman–Crippen LogP) is 1.60. The van der Waals surface area contributed by atoms with Crippen LogP contribution in [0.3, 0.4) is 0 Å². The van der Waals surface area contributed by atoms with E-state index in [-0.39, 0.29) is 30.5 Å². The second kappa shape index (κ2) is 7.56. The first kappa shape index (κ1) is 16.0. The van der Waals surface area contributed by atoms with E-state index in [9.17, 15) is 14.7 Å². The Hall–Kier alpha value is -1.40. The van der Waals surface area contributed by atoms with Gasteiger partial charge in [0.2, 0.25) is 5.91 Å². The highest BCUT2D eigenvalue weighted by Crippen LogP contribution is 2.18. The van der Waals surface area contributed by atoms with Crippen LogP contribution in [0.15, 0.2) is 28.7 Å². The van der Waals surface area contributed by atoms with E-state index >= 15 is 0 Å². The number of benzene rings is 1. The van der Waals surface area contributed by atoms with Crippen molar-refractivity contribution in [1.29, 1.82) is 0 Å². The van der Waals surface area contributed by atoms with Crippen LogP contribution in [0, 0.1) is 0 Å². The quantitative estimate of drug-likeness (QED) is 0.768. The monoisotopic (exact) mass is 354 g/mol. The van der Waals surface area contributed by atoms with Crippen molar-refractivity contribution >= 4 is 27.7 Å². The highest BCUT2D eigenvalue weighted by atomic mass is 79.9. The molecule has 2 amide bonds. The number of hydrogen-bond acceptors (Lipinski definition) is 3. The van der Waals surface area contributed by atoms with Gasteiger partial charge < -0.3 is 15.7 Å². The maximum atomic E-state index is 11.9. The number of aliphatic hydroxyl groups is 1. The summed E-state index contributed by atoms with van der Waals surface area (Å²) in [5.74, 6) is -0.460. The second-order valence-electron chi connectivity index (χ2n) is 5.26. The van der Waals surface area contributed by atoms with Crippen molar-refractivity contribution in [3.63, 3.8) is 0 Å². The van der Waals surface area contributed by atoms with E-state index in [1.54, 1.807) is 24.3 Å². The van der Waals surface area contributed by atoms with Crippen molar-refractivity contribution in [3.05, 3.63) is 34.3 Å². The summed E-state index contributed by atoms with van der Waals surface area (Å²) >= 11 is 3.30. The third kappa shape index (κ3) is 5.13. The van der Waals surface area contributed by atoms with Crippen molar-refractivity contribution in [2.24, 2.45) is 0 Å². The van der Waals surface area contributed by atoms with Gasteiger partial charge in [-0.1, -0.05) is 15.9 Å². The van der Waals surface area contributed by atoms with E-state index in [0.29, 0.717) is 5.56 Å². The number of rotatable bonds is 4. The van der Waals surface area contributed by atoms with E-state index in [2.05, 4.69) is 26.6 Å². The fraction of sp³-hybridized carbons (Fsp3) is 0.467. The Bertz CT molecular complexity index is 496. The molecule has 0 unspecified atom stereocenters. The zero-order chi connectivity index (χ0) is 15.2. The van der Waals surface area contributed by atoms with E-state index < -0.39 is 0 Å². The molecule has 2 rings (SSSR count). The third-order valence-electron chi connectivity index (χ3n) is 3.58. The Balaban J connectivity index is 1.73. The summed E-state index contributed by atoms with van der Waals surface area (Å²) in [4.78, 5) is 23.6. The van der Waals surface area contributed by atoms with Gasteiger partial charge in [0, 0.05) is 16.1 Å². The first-order valence-corrected chi connectivity index (χ1v) is 7.85. The summed E-state index contributed by atoms with van der Waals surface area (Å²) in [6.45, 7) is -0.0338. The van der Waals surface area contributed by atoms with Gasteiger partial charge in [-0.05, 0) is 49.9 Å². The van der Waals surface area contributed by atoms with E-state index in [1.807, 2.05) is 0 Å². The lowest BCUT2D eigenvalue weighted by atomic mass is 9.93. The lowest BCUT2D eigenvalue weighted by molar-refractivity contribution is -0.121. The molecule has 0 spiro atoms. The summed E-state index contributed by atoms with van der Waals surface area (Å²) in [7, 11) is 0. The standard InChI is InChI=1S/C15H19BrN2O3/c16-11-3-1-10(2-4-11)15(21)17-9-14(20)18-12-5-7-13(19)8-6-12/h1-4,12-13,19H,5-9H2,(H,17,21)(H,18,20). The van der Waals surface area contributed by atoms with Crippen molar-refractivity contribution in [1.82, 2.24) is 10.6 Å². The SMILES string of the molecule is O=C(CNC(=O)c1ccc(Br)cc1)NC1CCC(O)CC1. The maximum Gasteiger partial charge on any atom is 0.251 e. The van der Waals surface area contributed by atoms with Crippen molar-refractivity contribution in [3.8, 4) is 0 Å². The number of carbonyl (C=O) groups excluding carboxylic acids is 2. The molecule has 114 valence electrons. The van der Waals surface area contributed by atoms with Crippen molar-refractivity contribution < 1.29 is 14.7 Å². The predicted molar refractivity (Wildman–Crippen MR) is 82.9 cm³/mol. The van der Waals surface area contributed by atoms with Crippen LogP contribution in [-0.2, 0) is 4.79 Å². The number of halogens is 1. The fourth-order valence-electron chi connectivity index (χ4n) is 2.36. The molecular weight excluding hydrogens is 336 g/mol. The molecule has 1 saturated carbocycles. The summed E-state index contributed by atoms with van der Waals surface area (Å²) in [6, 6.07) is 7.05. The highest BCUT2D eigenvalue weighted by molar-refractivity contribution is 9.10. The minimum absolute atomic E-state index is 0.0338. The van der Waals surface area contributed by atoms with Crippen LogP contribution in [0.4, 0.5) is 0 Å². The molecule has 0 aromatic heterocycles. The van der Waals surface area contributed by atoms with E-state index in [0.717, 1.165) is 30.2 Å². The molecule has 0 heterocycles. The molecular formula is C15H19BrN2O3. The molecule has 0 radical (unpaired) electrons. The molecule has 1 fully saturated rings. The molecule has 21 heavy (non-hydrogen) atoms. The van der Waals surface area contributed by atoms with Crippen LogP contribution in [0.1, 0.15) is 36.0 Å². The molecule has 1 aliphatic rings. The largest absolute Gasteiger partial charge is 0.393 e. The van der Waals surface area contributed by atoms with Crippen LogP contribution in [-0.4, -0.2) is 35.6 Å². The topological polar surface area (TPSA) is 78.4 Å². The molecule has 0 atom stereocenters. The zero-order valence-electron chi connectivity index (χ0n) is 11.6. The molecule has 3 N–H and O–H groups in total. The molecule has 0 bridgehead atoms. The normalized spacial score (nSPS) is 21.6. The Morgan fingerprint density at radius 3 is 2.38 bits per heavy atom. The number of nitrogens with one attached hydrogen (secondary N) is 2. The maximum absolute atomic E-state index is 11.9. The van der Waals surface area contributed by atoms with Crippen LogP contribution in [0.2, 0.25) is 0 Å². The molecule has 5 nitrogen and oxygen atoms in total. The van der Waals surface area contributed by atoms with Crippen molar-refractivity contribution in [2.75, 3.05) is 6.54 Å². The number of hydrogen-bond donors (Lipinski definition) is 3. The van der Waals surface area contributed by atoms with Gasteiger partial charge >= 0.3 is 0 Å². The van der Waals surface area contributed by atoms with Gasteiger partial charge in [0.1, 0.15) is 0 Å². The average molecular weight is 355 g/mol. The summed E-state index contributed by atoms with van der Waals surface area (Å²) in [5.41, 5.74) is 0.520. The summed E-state index contributed by atoms with van der Waals surface area (Å²) in [5, 5.41) is 14.9. The third-order valence-corrected chi connectivity index (χ3v) is 4.11. The van der Waals surface area contributed by atoms with Crippen molar-refractivity contribution in [2.45, 2.75) is 37.8 Å². The molecule has 1 aromatic carbocycles. The molecule has 1 aliphatic carbocycles. The Labute approximate surface area is 132 Å². The van der Waals surface area contributed by atoms with Gasteiger partial charge in [-0.25, -0.2) is 0 Å². The minimum atomic E-state index is -0.267. The Morgan fingerprint density at radius 2 is 1.76 bits per heavy atom. The second-order valence-corrected chi connectivity index (χ2v) is 6.18. The van der Waals surface area contributed by atoms with Crippen LogP contribution in [0.25, 0.3) is 0 Å².